The molecule has 10 heteroatoms. The fourth-order valence-electron chi connectivity index (χ4n) is 3.10. The summed E-state index contributed by atoms with van der Waals surface area (Å²) in [7, 11) is 2.27. The van der Waals surface area contributed by atoms with Crippen LogP contribution in [0.5, 0.6) is 0 Å². The second kappa shape index (κ2) is 8.43. The van der Waals surface area contributed by atoms with Crippen LogP contribution in [0.15, 0.2) is 65.9 Å². The summed E-state index contributed by atoms with van der Waals surface area (Å²) in [4.78, 5) is 49.6. The molecular formula is C20H17N3O7. The summed E-state index contributed by atoms with van der Waals surface area (Å²) in [5.41, 5.74) is 0.0512. The van der Waals surface area contributed by atoms with Crippen molar-refractivity contribution < 1.29 is 28.8 Å². The standard InChI is InChI=1S/C20H17N3O7/c1-29-18(24)15-16(12-8-10-14(11-9-12)23(27)28)21-20(26)22(17(15)19(25)30-2)13-6-4-3-5-7-13/h3-11,16H,1-2H3,(H,21,26). The number of nitro benzene ring substituents is 1. The molecule has 0 radical (unpaired) electrons. The largest absolute Gasteiger partial charge is 0.466 e. The Kier molecular flexibility index (Phi) is 5.77. The first kappa shape index (κ1) is 20.5. The van der Waals surface area contributed by atoms with Gasteiger partial charge in [-0.1, -0.05) is 18.2 Å². The van der Waals surface area contributed by atoms with Gasteiger partial charge in [0.05, 0.1) is 36.4 Å². The van der Waals surface area contributed by atoms with E-state index in [4.69, 9.17) is 9.47 Å². The Balaban J connectivity index is 2.23. The summed E-state index contributed by atoms with van der Waals surface area (Å²) in [6.07, 6.45) is 0. The number of methoxy groups -OCH3 is 2. The number of carbonyl (C=O) groups excluding carboxylic acids is 3. The maximum Gasteiger partial charge on any atom is 0.355 e. The second-order valence-electron chi connectivity index (χ2n) is 6.15. The monoisotopic (exact) mass is 411 g/mol. The number of hydrogen-bond acceptors (Lipinski definition) is 7. The van der Waals surface area contributed by atoms with Crippen LogP contribution in [0, 0.1) is 10.1 Å². The fraction of sp³-hybridized carbons (Fsp3) is 0.150. The number of para-hydroxylation sites is 1. The number of non-ortho nitro benzene ring substituents is 1. The van der Waals surface area contributed by atoms with Crippen LogP contribution in [0.4, 0.5) is 16.2 Å². The van der Waals surface area contributed by atoms with E-state index in [1.54, 1.807) is 30.3 Å². The minimum absolute atomic E-state index is 0.163. The molecule has 154 valence electrons. The quantitative estimate of drug-likeness (QED) is 0.455. The van der Waals surface area contributed by atoms with Gasteiger partial charge in [-0.25, -0.2) is 14.4 Å². The number of urea groups is 1. The van der Waals surface area contributed by atoms with E-state index in [1.165, 1.54) is 24.3 Å². The molecule has 2 aromatic rings. The molecule has 1 aliphatic rings. The molecule has 1 unspecified atom stereocenters. The Hall–Kier alpha value is -4.21. The summed E-state index contributed by atoms with van der Waals surface area (Å²) in [6, 6.07) is 11.7. The summed E-state index contributed by atoms with van der Waals surface area (Å²) >= 11 is 0. The van der Waals surface area contributed by atoms with E-state index in [9.17, 15) is 24.5 Å². The first-order valence-electron chi connectivity index (χ1n) is 8.69. The number of rotatable bonds is 5. The predicted octanol–water partition coefficient (Wildman–Crippen LogP) is 2.47. The second-order valence-corrected chi connectivity index (χ2v) is 6.15. The van der Waals surface area contributed by atoms with Crippen LogP contribution in [-0.4, -0.2) is 37.1 Å². The third-order valence-corrected chi connectivity index (χ3v) is 4.47. The van der Waals surface area contributed by atoms with Crippen molar-refractivity contribution >= 4 is 29.3 Å². The van der Waals surface area contributed by atoms with Crippen LogP contribution in [-0.2, 0) is 19.1 Å². The number of nitro groups is 1. The number of carbonyl (C=O) groups is 3. The summed E-state index contributed by atoms with van der Waals surface area (Å²) in [5, 5.41) is 13.6. The molecule has 0 aromatic heterocycles. The Morgan fingerprint density at radius 2 is 1.60 bits per heavy atom. The molecule has 1 aliphatic heterocycles. The molecule has 30 heavy (non-hydrogen) atoms. The van der Waals surface area contributed by atoms with Crippen LogP contribution in [0.2, 0.25) is 0 Å². The van der Waals surface area contributed by atoms with Crippen LogP contribution in [0.1, 0.15) is 11.6 Å². The molecule has 0 fully saturated rings. The lowest BCUT2D eigenvalue weighted by atomic mass is 9.94. The van der Waals surface area contributed by atoms with Gasteiger partial charge in [-0.2, -0.15) is 0 Å². The number of ether oxygens (including phenoxy) is 2. The molecule has 0 spiro atoms. The van der Waals surface area contributed by atoms with Crippen molar-refractivity contribution in [2.45, 2.75) is 6.04 Å². The number of nitrogens with one attached hydrogen (secondary N) is 1. The van der Waals surface area contributed by atoms with Crippen molar-refractivity contribution in [1.29, 1.82) is 0 Å². The van der Waals surface area contributed by atoms with Gasteiger partial charge in [0.2, 0.25) is 0 Å². The topological polar surface area (TPSA) is 128 Å². The molecule has 3 rings (SSSR count). The van der Waals surface area contributed by atoms with E-state index >= 15 is 0 Å². The van der Waals surface area contributed by atoms with E-state index in [2.05, 4.69) is 5.32 Å². The van der Waals surface area contributed by atoms with Crippen molar-refractivity contribution in [2.75, 3.05) is 19.1 Å². The first-order chi connectivity index (χ1) is 14.4. The highest BCUT2D eigenvalue weighted by Gasteiger charge is 2.42. The van der Waals surface area contributed by atoms with Crippen molar-refractivity contribution in [3.8, 4) is 0 Å². The summed E-state index contributed by atoms with van der Waals surface area (Å²) in [6.45, 7) is 0. The van der Waals surface area contributed by atoms with Gasteiger partial charge in [0.1, 0.15) is 5.70 Å². The molecule has 0 aliphatic carbocycles. The molecule has 1 heterocycles. The van der Waals surface area contributed by atoms with Crippen LogP contribution in [0.25, 0.3) is 0 Å². The van der Waals surface area contributed by atoms with Gasteiger partial charge in [-0.3, -0.25) is 15.0 Å². The van der Waals surface area contributed by atoms with Crippen molar-refractivity contribution in [3.63, 3.8) is 0 Å². The van der Waals surface area contributed by atoms with Gasteiger partial charge >= 0.3 is 18.0 Å². The molecular weight excluding hydrogens is 394 g/mol. The summed E-state index contributed by atoms with van der Waals surface area (Å²) in [5.74, 6) is -1.78. The van der Waals surface area contributed by atoms with Crippen molar-refractivity contribution in [2.24, 2.45) is 0 Å². The van der Waals surface area contributed by atoms with E-state index in [1.807, 2.05) is 0 Å². The number of hydrogen-bond donors (Lipinski definition) is 1. The number of nitrogens with zero attached hydrogens (tertiary/aromatic N) is 2. The maximum absolute atomic E-state index is 13.0. The van der Waals surface area contributed by atoms with Gasteiger partial charge in [-0.15, -0.1) is 0 Å². The SMILES string of the molecule is COC(=O)C1=C(C(=O)OC)N(c2ccccc2)C(=O)NC1c1ccc([N+](=O)[O-])cc1. The Morgan fingerprint density at radius 1 is 1.00 bits per heavy atom. The lowest BCUT2D eigenvalue weighted by Crippen LogP contribution is -2.50. The zero-order chi connectivity index (χ0) is 21.8. The lowest BCUT2D eigenvalue weighted by molar-refractivity contribution is -0.384. The minimum Gasteiger partial charge on any atom is -0.466 e. The van der Waals surface area contributed by atoms with Gasteiger partial charge in [0.25, 0.3) is 5.69 Å². The van der Waals surface area contributed by atoms with Crippen LogP contribution in [0.3, 0.4) is 0 Å². The first-order valence-corrected chi connectivity index (χ1v) is 8.69. The minimum atomic E-state index is -1.08. The Morgan fingerprint density at radius 3 is 2.13 bits per heavy atom. The predicted molar refractivity (Wildman–Crippen MR) is 104 cm³/mol. The van der Waals surface area contributed by atoms with Gasteiger partial charge < -0.3 is 14.8 Å². The maximum atomic E-state index is 13.0. The molecule has 1 N–H and O–H groups in total. The van der Waals surface area contributed by atoms with Crippen LogP contribution < -0.4 is 10.2 Å². The summed E-state index contributed by atoms with van der Waals surface area (Å²) < 4.78 is 9.69. The number of amides is 2. The van der Waals surface area contributed by atoms with Gasteiger partial charge in [-0.05, 0) is 29.8 Å². The van der Waals surface area contributed by atoms with Crippen molar-refractivity contribution in [1.82, 2.24) is 5.32 Å². The average Bonchev–Trinajstić information content (AvgIpc) is 2.77. The molecule has 2 aromatic carbocycles. The average molecular weight is 411 g/mol. The molecule has 10 nitrogen and oxygen atoms in total. The van der Waals surface area contributed by atoms with E-state index in [-0.39, 0.29) is 17.0 Å². The van der Waals surface area contributed by atoms with Gasteiger partial charge in [0, 0.05) is 12.1 Å². The van der Waals surface area contributed by atoms with E-state index in [0.29, 0.717) is 11.3 Å². The normalized spacial score (nSPS) is 16.0. The fourth-order valence-corrected chi connectivity index (χ4v) is 3.10. The Labute approximate surface area is 170 Å². The highest BCUT2D eigenvalue weighted by Crippen LogP contribution is 2.35. The van der Waals surface area contributed by atoms with Crippen LogP contribution >= 0.6 is 0 Å². The molecule has 1 atom stereocenters. The number of esters is 2. The lowest BCUT2D eigenvalue weighted by Gasteiger charge is -2.35. The molecule has 0 saturated heterocycles. The zero-order valence-electron chi connectivity index (χ0n) is 16.0. The molecule has 0 bridgehead atoms. The van der Waals surface area contributed by atoms with E-state index in [0.717, 1.165) is 19.1 Å². The smallest absolute Gasteiger partial charge is 0.355 e. The Bertz CT molecular complexity index is 1030. The zero-order valence-corrected chi connectivity index (χ0v) is 16.0. The number of anilines is 1. The van der Waals surface area contributed by atoms with E-state index < -0.39 is 28.9 Å². The third kappa shape index (κ3) is 3.70. The highest BCUT2D eigenvalue weighted by molar-refractivity contribution is 6.13. The van der Waals surface area contributed by atoms with Gasteiger partial charge in [0.15, 0.2) is 0 Å². The molecule has 2 amide bonds. The highest BCUT2D eigenvalue weighted by atomic mass is 16.6. The molecule has 0 saturated carbocycles. The number of benzene rings is 2. The van der Waals surface area contributed by atoms with Crippen molar-refractivity contribution in [3.05, 3.63) is 81.5 Å². The third-order valence-electron chi connectivity index (χ3n) is 4.47.